The second kappa shape index (κ2) is 7.13. The number of para-hydroxylation sites is 2. The van der Waals surface area contributed by atoms with Crippen molar-refractivity contribution in [3.63, 3.8) is 0 Å². The highest BCUT2D eigenvalue weighted by Crippen LogP contribution is 2.12. The van der Waals surface area contributed by atoms with Crippen LogP contribution in [0.3, 0.4) is 0 Å². The fraction of sp³-hybridized carbons (Fsp3) is 0.438. The molecule has 0 saturated carbocycles. The number of carbonyl (C=O) groups excluding carboxylic acids is 2. The number of nitrogens with zero attached hydrogens (tertiary/aromatic N) is 1. The second-order valence-electron chi connectivity index (χ2n) is 5.38. The number of amides is 1. The standard InChI is InChI=1S/C16H20N2O5/c1-4-10(2)14(15(20)22-3)17-13(19)9-18-11-7-5-6-8-12(11)23-16(18)21/h5-8,10,14H,4,9H2,1-3H3,(H,17,19)/t10-,14+/m1/s1. The van der Waals surface area contributed by atoms with Gasteiger partial charge in [0.1, 0.15) is 12.6 Å². The number of benzene rings is 1. The van der Waals surface area contributed by atoms with Crippen LogP contribution in [0.1, 0.15) is 20.3 Å². The highest BCUT2D eigenvalue weighted by Gasteiger charge is 2.27. The molecule has 1 aromatic heterocycles. The first-order valence-electron chi connectivity index (χ1n) is 7.43. The van der Waals surface area contributed by atoms with Gasteiger partial charge >= 0.3 is 11.7 Å². The van der Waals surface area contributed by atoms with E-state index in [9.17, 15) is 14.4 Å². The van der Waals surface area contributed by atoms with Crippen molar-refractivity contribution >= 4 is 23.0 Å². The number of esters is 1. The lowest BCUT2D eigenvalue weighted by Gasteiger charge is -2.21. The van der Waals surface area contributed by atoms with Crippen molar-refractivity contribution in [2.45, 2.75) is 32.9 Å². The minimum absolute atomic E-state index is 0.0794. The number of nitrogens with one attached hydrogen (secondary N) is 1. The van der Waals surface area contributed by atoms with E-state index >= 15 is 0 Å². The molecule has 0 bridgehead atoms. The summed E-state index contributed by atoms with van der Waals surface area (Å²) in [5.41, 5.74) is 0.947. The molecule has 2 atom stereocenters. The lowest BCUT2D eigenvalue weighted by atomic mass is 9.99. The fourth-order valence-electron chi connectivity index (χ4n) is 2.32. The Bertz CT molecular complexity index is 761. The van der Waals surface area contributed by atoms with Gasteiger partial charge in [-0.3, -0.25) is 9.36 Å². The second-order valence-corrected chi connectivity index (χ2v) is 5.38. The van der Waals surface area contributed by atoms with Crippen LogP contribution in [0.5, 0.6) is 0 Å². The summed E-state index contributed by atoms with van der Waals surface area (Å²) in [6, 6.07) is 6.10. The van der Waals surface area contributed by atoms with Crippen molar-refractivity contribution in [1.29, 1.82) is 0 Å². The largest absolute Gasteiger partial charge is 0.467 e. The van der Waals surface area contributed by atoms with Crippen LogP contribution in [0.25, 0.3) is 11.1 Å². The first kappa shape index (κ1) is 16.8. The maximum Gasteiger partial charge on any atom is 0.420 e. The Labute approximate surface area is 133 Å². The number of ether oxygens (including phenoxy) is 1. The van der Waals surface area contributed by atoms with Gasteiger partial charge in [-0.05, 0) is 18.1 Å². The number of carbonyl (C=O) groups is 2. The Balaban J connectivity index is 2.18. The zero-order valence-electron chi connectivity index (χ0n) is 13.4. The van der Waals surface area contributed by atoms with Crippen LogP contribution >= 0.6 is 0 Å². The maximum atomic E-state index is 12.2. The molecule has 1 aromatic carbocycles. The molecule has 7 heteroatoms. The monoisotopic (exact) mass is 320 g/mol. The molecule has 2 aromatic rings. The summed E-state index contributed by atoms with van der Waals surface area (Å²) in [7, 11) is 1.28. The maximum absolute atomic E-state index is 12.2. The summed E-state index contributed by atoms with van der Waals surface area (Å²) < 4.78 is 11.0. The molecular weight excluding hydrogens is 300 g/mol. The Morgan fingerprint density at radius 3 is 2.70 bits per heavy atom. The van der Waals surface area contributed by atoms with Crippen LogP contribution in [-0.2, 0) is 20.9 Å². The predicted octanol–water partition coefficient (Wildman–Crippen LogP) is 1.30. The molecule has 1 N–H and O–H groups in total. The first-order chi connectivity index (χ1) is 11.0. The molecule has 1 amide bonds. The number of methoxy groups -OCH3 is 1. The van der Waals surface area contributed by atoms with Crippen LogP contribution in [0.2, 0.25) is 0 Å². The Hall–Kier alpha value is -2.57. The molecule has 0 aliphatic heterocycles. The molecule has 124 valence electrons. The SMILES string of the molecule is CC[C@@H](C)[C@H](NC(=O)Cn1c(=O)oc2ccccc21)C(=O)OC. The van der Waals surface area contributed by atoms with E-state index in [-0.39, 0.29) is 12.5 Å². The van der Waals surface area contributed by atoms with Gasteiger partial charge < -0.3 is 14.5 Å². The molecule has 0 aliphatic carbocycles. The number of hydrogen-bond acceptors (Lipinski definition) is 5. The minimum atomic E-state index is -0.744. The molecule has 0 aliphatic rings. The average Bonchev–Trinajstić information content (AvgIpc) is 2.87. The Morgan fingerprint density at radius 1 is 1.35 bits per heavy atom. The number of fused-ring (bicyclic) bond motifs is 1. The lowest BCUT2D eigenvalue weighted by molar-refractivity contribution is -0.146. The molecule has 2 rings (SSSR count). The van der Waals surface area contributed by atoms with E-state index < -0.39 is 23.7 Å². The average molecular weight is 320 g/mol. The van der Waals surface area contributed by atoms with Crippen molar-refractivity contribution in [3.05, 3.63) is 34.8 Å². The predicted molar refractivity (Wildman–Crippen MR) is 83.9 cm³/mol. The van der Waals surface area contributed by atoms with E-state index in [1.807, 2.05) is 13.8 Å². The summed E-state index contributed by atoms with van der Waals surface area (Å²) >= 11 is 0. The van der Waals surface area contributed by atoms with Gasteiger partial charge in [-0.15, -0.1) is 0 Å². The quantitative estimate of drug-likeness (QED) is 0.810. The lowest BCUT2D eigenvalue weighted by Crippen LogP contribution is -2.47. The summed E-state index contributed by atoms with van der Waals surface area (Å²) in [5.74, 6) is -1.64. The van der Waals surface area contributed by atoms with E-state index in [1.54, 1.807) is 24.3 Å². The van der Waals surface area contributed by atoms with Crippen LogP contribution in [-0.4, -0.2) is 29.6 Å². The van der Waals surface area contributed by atoms with E-state index in [4.69, 9.17) is 9.15 Å². The number of oxazole rings is 1. The zero-order chi connectivity index (χ0) is 17.0. The molecule has 0 radical (unpaired) electrons. The van der Waals surface area contributed by atoms with Gasteiger partial charge in [0.15, 0.2) is 5.58 Å². The summed E-state index contributed by atoms with van der Waals surface area (Å²) in [4.78, 5) is 35.9. The summed E-state index contributed by atoms with van der Waals surface area (Å²) in [6.45, 7) is 3.54. The van der Waals surface area contributed by atoms with Gasteiger partial charge in [-0.2, -0.15) is 0 Å². The van der Waals surface area contributed by atoms with Crippen molar-refractivity contribution in [2.75, 3.05) is 7.11 Å². The van der Waals surface area contributed by atoms with Crippen molar-refractivity contribution < 1.29 is 18.7 Å². The zero-order valence-corrected chi connectivity index (χ0v) is 13.4. The molecule has 7 nitrogen and oxygen atoms in total. The highest BCUT2D eigenvalue weighted by molar-refractivity contribution is 5.85. The van der Waals surface area contributed by atoms with Crippen molar-refractivity contribution in [3.8, 4) is 0 Å². The van der Waals surface area contributed by atoms with Crippen LogP contribution < -0.4 is 11.1 Å². The summed E-state index contributed by atoms with van der Waals surface area (Å²) in [5, 5.41) is 2.63. The molecule has 0 unspecified atom stereocenters. The van der Waals surface area contributed by atoms with Crippen molar-refractivity contribution in [1.82, 2.24) is 9.88 Å². The van der Waals surface area contributed by atoms with Gasteiger partial charge in [-0.25, -0.2) is 9.59 Å². The van der Waals surface area contributed by atoms with Crippen LogP contribution in [0, 0.1) is 5.92 Å². The van der Waals surface area contributed by atoms with Gasteiger partial charge in [0, 0.05) is 0 Å². The Morgan fingerprint density at radius 2 is 2.04 bits per heavy atom. The van der Waals surface area contributed by atoms with E-state index in [2.05, 4.69) is 5.32 Å². The molecular formula is C16H20N2O5. The first-order valence-corrected chi connectivity index (χ1v) is 7.43. The highest BCUT2D eigenvalue weighted by atomic mass is 16.5. The van der Waals surface area contributed by atoms with Crippen LogP contribution in [0.15, 0.2) is 33.5 Å². The van der Waals surface area contributed by atoms with Crippen molar-refractivity contribution in [2.24, 2.45) is 5.92 Å². The van der Waals surface area contributed by atoms with E-state index in [1.165, 1.54) is 11.7 Å². The van der Waals surface area contributed by atoms with Gasteiger partial charge in [0.25, 0.3) is 0 Å². The molecule has 0 spiro atoms. The topological polar surface area (TPSA) is 90.5 Å². The summed E-state index contributed by atoms with van der Waals surface area (Å²) in [6.07, 6.45) is 0.703. The third-order valence-corrected chi connectivity index (χ3v) is 3.86. The van der Waals surface area contributed by atoms with E-state index in [0.29, 0.717) is 17.5 Å². The minimum Gasteiger partial charge on any atom is -0.467 e. The molecule has 0 saturated heterocycles. The molecule has 0 fully saturated rings. The van der Waals surface area contributed by atoms with E-state index in [0.717, 1.165) is 0 Å². The van der Waals surface area contributed by atoms with Gasteiger partial charge in [-0.1, -0.05) is 32.4 Å². The number of hydrogen-bond donors (Lipinski definition) is 1. The fourth-order valence-corrected chi connectivity index (χ4v) is 2.32. The smallest absolute Gasteiger partial charge is 0.420 e. The third-order valence-electron chi connectivity index (χ3n) is 3.86. The number of rotatable bonds is 6. The molecule has 1 heterocycles. The molecule has 23 heavy (non-hydrogen) atoms. The third kappa shape index (κ3) is 3.61. The Kier molecular flexibility index (Phi) is 5.20. The van der Waals surface area contributed by atoms with Crippen LogP contribution in [0.4, 0.5) is 0 Å². The van der Waals surface area contributed by atoms with Gasteiger partial charge in [0.2, 0.25) is 5.91 Å². The normalized spacial score (nSPS) is 13.5. The van der Waals surface area contributed by atoms with Gasteiger partial charge in [0.05, 0.1) is 12.6 Å². The number of aromatic nitrogens is 1.